The van der Waals surface area contributed by atoms with Crippen LogP contribution in [0.3, 0.4) is 0 Å². The first kappa shape index (κ1) is 21.4. The van der Waals surface area contributed by atoms with Crippen LogP contribution in [-0.4, -0.2) is 14.3 Å². The number of carbonyl (C=O) groups excluding carboxylic acids is 1. The summed E-state index contributed by atoms with van der Waals surface area (Å²) in [5, 5.41) is 3.02. The molecule has 0 spiro atoms. The van der Waals surface area contributed by atoms with Gasteiger partial charge in [0.15, 0.2) is 0 Å². The molecule has 3 aromatic rings. The van der Waals surface area contributed by atoms with Crippen molar-refractivity contribution in [3.63, 3.8) is 0 Å². The molecule has 0 unspecified atom stereocenters. The highest BCUT2D eigenvalue weighted by molar-refractivity contribution is 9.10. The molecule has 3 rings (SSSR count). The van der Waals surface area contributed by atoms with E-state index in [4.69, 9.17) is 11.6 Å². The Balaban J connectivity index is 1.81. The Hall–Kier alpha value is -2.26. The molecule has 0 aliphatic heterocycles. The average Bonchev–Trinajstić information content (AvgIpc) is 2.69. The van der Waals surface area contributed by atoms with Gasteiger partial charge in [-0.2, -0.15) is 0 Å². The van der Waals surface area contributed by atoms with Gasteiger partial charge in [-0.05, 0) is 54.1 Å². The second-order valence-corrected chi connectivity index (χ2v) is 9.08. The normalized spacial score (nSPS) is 11.3. The Morgan fingerprint density at radius 3 is 2.41 bits per heavy atom. The van der Waals surface area contributed by atoms with Gasteiger partial charge in [0.25, 0.3) is 5.91 Å². The summed E-state index contributed by atoms with van der Waals surface area (Å²) < 4.78 is 42.5. The lowest BCUT2D eigenvalue weighted by atomic mass is 10.2. The van der Waals surface area contributed by atoms with Crippen molar-refractivity contribution in [2.24, 2.45) is 0 Å². The van der Waals surface area contributed by atoms with E-state index in [0.717, 1.165) is 16.6 Å². The van der Waals surface area contributed by atoms with Gasteiger partial charge in [0.05, 0.1) is 0 Å². The van der Waals surface area contributed by atoms with Gasteiger partial charge in [-0.25, -0.2) is 17.5 Å². The summed E-state index contributed by atoms with van der Waals surface area (Å²) in [5.74, 6) is -1.52. The van der Waals surface area contributed by atoms with Crippen molar-refractivity contribution in [1.82, 2.24) is 4.72 Å². The molecular formula is C20H15BrClFN2O3S. The van der Waals surface area contributed by atoms with Crippen molar-refractivity contribution in [3.8, 4) is 0 Å². The third kappa shape index (κ3) is 5.42. The second-order valence-electron chi connectivity index (χ2n) is 6.02. The van der Waals surface area contributed by atoms with Crippen LogP contribution in [0, 0.1) is 5.82 Å². The number of carbonyl (C=O) groups is 1. The van der Waals surface area contributed by atoms with Crippen molar-refractivity contribution in [2.75, 3.05) is 5.32 Å². The highest BCUT2D eigenvalue weighted by Crippen LogP contribution is 2.20. The topological polar surface area (TPSA) is 75.3 Å². The maximum Gasteiger partial charge on any atom is 0.255 e. The van der Waals surface area contributed by atoms with E-state index in [9.17, 15) is 17.6 Å². The molecule has 9 heteroatoms. The molecule has 0 radical (unpaired) electrons. The fraction of sp³-hybridized carbons (Fsp3) is 0.0500. The number of anilines is 1. The molecular weight excluding hydrogens is 483 g/mol. The summed E-state index contributed by atoms with van der Waals surface area (Å²) in [7, 11) is -4.21. The quantitative estimate of drug-likeness (QED) is 0.505. The van der Waals surface area contributed by atoms with Crippen molar-refractivity contribution < 1.29 is 17.6 Å². The van der Waals surface area contributed by atoms with Gasteiger partial charge >= 0.3 is 0 Å². The van der Waals surface area contributed by atoms with Crippen LogP contribution in [0.5, 0.6) is 0 Å². The minimum Gasteiger partial charge on any atom is -0.322 e. The van der Waals surface area contributed by atoms with Gasteiger partial charge < -0.3 is 5.32 Å². The van der Waals surface area contributed by atoms with Crippen LogP contribution < -0.4 is 10.0 Å². The van der Waals surface area contributed by atoms with Gasteiger partial charge in [0, 0.05) is 27.3 Å². The van der Waals surface area contributed by atoms with E-state index in [1.54, 1.807) is 48.5 Å². The van der Waals surface area contributed by atoms with Crippen LogP contribution in [0.25, 0.3) is 0 Å². The first-order chi connectivity index (χ1) is 13.8. The molecule has 0 bridgehead atoms. The van der Waals surface area contributed by atoms with E-state index in [0.29, 0.717) is 16.3 Å². The number of hydrogen-bond donors (Lipinski definition) is 2. The Morgan fingerprint density at radius 2 is 1.72 bits per heavy atom. The smallest absolute Gasteiger partial charge is 0.255 e. The van der Waals surface area contributed by atoms with E-state index in [-0.39, 0.29) is 12.1 Å². The molecule has 0 saturated carbocycles. The largest absolute Gasteiger partial charge is 0.322 e. The molecule has 0 saturated heterocycles. The second kappa shape index (κ2) is 9.04. The first-order valence-corrected chi connectivity index (χ1v) is 11.0. The molecule has 0 heterocycles. The number of hydrogen-bond acceptors (Lipinski definition) is 3. The number of rotatable bonds is 6. The van der Waals surface area contributed by atoms with Gasteiger partial charge in [-0.3, -0.25) is 4.79 Å². The molecule has 0 aliphatic rings. The molecule has 3 aromatic carbocycles. The van der Waals surface area contributed by atoms with E-state index < -0.39 is 26.6 Å². The van der Waals surface area contributed by atoms with Crippen molar-refractivity contribution in [1.29, 1.82) is 0 Å². The molecule has 0 aromatic heterocycles. The third-order valence-electron chi connectivity index (χ3n) is 4.00. The summed E-state index contributed by atoms with van der Waals surface area (Å²) in [4.78, 5) is 11.8. The minimum atomic E-state index is -4.21. The summed E-state index contributed by atoms with van der Waals surface area (Å²) in [6.45, 7) is -0.114. The van der Waals surface area contributed by atoms with E-state index in [1.165, 1.54) is 6.07 Å². The summed E-state index contributed by atoms with van der Waals surface area (Å²) in [5.41, 5.74) is 1.07. The summed E-state index contributed by atoms with van der Waals surface area (Å²) >= 11 is 9.31. The van der Waals surface area contributed by atoms with Gasteiger partial charge in [-0.15, -0.1) is 0 Å². The first-order valence-electron chi connectivity index (χ1n) is 8.36. The fourth-order valence-corrected chi connectivity index (χ4v) is 4.05. The molecule has 0 atom stereocenters. The predicted octanol–water partition coefficient (Wildman–Crippen LogP) is 4.97. The molecule has 5 nitrogen and oxygen atoms in total. The number of nitrogens with one attached hydrogen (secondary N) is 2. The summed E-state index contributed by atoms with van der Waals surface area (Å²) in [6, 6.07) is 16.7. The van der Waals surface area contributed by atoms with Crippen molar-refractivity contribution in [3.05, 3.63) is 93.2 Å². The van der Waals surface area contributed by atoms with Crippen LogP contribution in [-0.2, 0) is 16.6 Å². The maximum atomic E-state index is 14.2. The van der Waals surface area contributed by atoms with Crippen LogP contribution in [0.4, 0.5) is 10.1 Å². The fourth-order valence-electron chi connectivity index (χ4n) is 2.48. The van der Waals surface area contributed by atoms with Gasteiger partial charge in [-0.1, -0.05) is 45.7 Å². The predicted molar refractivity (Wildman–Crippen MR) is 114 cm³/mol. The lowest BCUT2D eigenvalue weighted by Gasteiger charge is -2.11. The zero-order chi connectivity index (χ0) is 21.0. The van der Waals surface area contributed by atoms with Gasteiger partial charge in [0.2, 0.25) is 10.0 Å². The highest BCUT2D eigenvalue weighted by Gasteiger charge is 2.21. The van der Waals surface area contributed by atoms with Crippen LogP contribution >= 0.6 is 27.5 Å². The van der Waals surface area contributed by atoms with E-state index in [1.807, 2.05) is 0 Å². The minimum absolute atomic E-state index is 0.00689. The molecule has 1 amide bonds. The number of sulfonamides is 1. The highest BCUT2D eigenvalue weighted by atomic mass is 79.9. The van der Waals surface area contributed by atoms with Crippen LogP contribution in [0.2, 0.25) is 5.02 Å². The zero-order valence-corrected chi connectivity index (χ0v) is 18.0. The Kier molecular flexibility index (Phi) is 6.69. The molecule has 0 aliphatic carbocycles. The number of amides is 1. The number of benzene rings is 3. The Bertz CT molecular complexity index is 1150. The Morgan fingerprint density at radius 1 is 1.03 bits per heavy atom. The molecule has 0 fully saturated rings. The molecule has 150 valence electrons. The van der Waals surface area contributed by atoms with Gasteiger partial charge in [0.1, 0.15) is 10.7 Å². The lowest BCUT2D eigenvalue weighted by Crippen LogP contribution is -2.25. The van der Waals surface area contributed by atoms with Crippen molar-refractivity contribution in [2.45, 2.75) is 11.4 Å². The molecule has 2 N–H and O–H groups in total. The average molecular weight is 498 g/mol. The monoisotopic (exact) mass is 496 g/mol. The van der Waals surface area contributed by atoms with Crippen LogP contribution in [0.1, 0.15) is 15.9 Å². The van der Waals surface area contributed by atoms with E-state index in [2.05, 4.69) is 26.0 Å². The third-order valence-corrected chi connectivity index (χ3v) is 6.31. The van der Waals surface area contributed by atoms with Crippen molar-refractivity contribution >= 4 is 49.1 Å². The van der Waals surface area contributed by atoms with Crippen LogP contribution in [0.15, 0.2) is 76.1 Å². The van der Waals surface area contributed by atoms with E-state index >= 15 is 0 Å². The maximum absolute atomic E-state index is 14.2. The Labute approximate surface area is 181 Å². The SMILES string of the molecule is O=C(Nc1ccc(Br)cc1)c1ccc(F)c(S(=O)(=O)NCc2ccccc2Cl)c1. The zero-order valence-electron chi connectivity index (χ0n) is 14.8. The number of halogens is 3. The summed E-state index contributed by atoms with van der Waals surface area (Å²) in [6.07, 6.45) is 0. The standard InChI is InChI=1S/C20H15BrClFN2O3S/c21-15-6-8-16(9-7-15)25-20(26)13-5-10-18(23)19(11-13)29(27,28)24-12-14-3-1-2-4-17(14)22/h1-11,24H,12H2,(H,25,26). The molecule has 29 heavy (non-hydrogen) atoms. The lowest BCUT2D eigenvalue weighted by molar-refractivity contribution is 0.102.